The lowest BCUT2D eigenvalue weighted by molar-refractivity contribution is -0.136. The maximum atomic E-state index is 13.1. The van der Waals surface area contributed by atoms with Crippen molar-refractivity contribution in [3.63, 3.8) is 0 Å². The molecule has 23 heavy (non-hydrogen) atoms. The van der Waals surface area contributed by atoms with Gasteiger partial charge in [-0.15, -0.1) is 0 Å². The highest BCUT2D eigenvalue weighted by Crippen LogP contribution is 2.46. The number of hydrogen-bond acceptors (Lipinski definition) is 3. The van der Waals surface area contributed by atoms with Crippen LogP contribution in [0, 0.1) is 17.3 Å². The average Bonchev–Trinajstić information content (AvgIpc) is 2.62. The van der Waals surface area contributed by atoms with Crippen LogP contribution in [0.3, 0.4) is 0 Å². The molecule has 5 nitrogen and oxygen atoms in total. The van der Waals surface area contributed by atoms with Gasteiger partial charge in [0.2, 0.25) is 0 Å². The van der Waals surface area contributed by atoms with Crippen LogP contribution in [-0.4, -0.2) is 47.0 Å². The lowest BCUT2D eigenvalue weighted by atomic mass is 9.64. The second kappa shape index (κ2) is 5.76. The van der Waals surface area contributed by atoms with Crippen molar-refractivity contribution in [1.82, 2.24) is 15.1 Å². The molecule has 0 bridgehead atoms. The number of nitrogens with zero attached hydrogens (tertiary/aromatic N) is 2. The Kier molecular flexibility index (Phi) is 4.20. The molecule has 0 aromatic heterocycles. The van der Waals surface area contributed by atoms with Crippen LogP contribution >= 0.6 is 0 Å². The second-order valence-corrected chi connectivity index (χ2v) is 9.04. The summed E-state index contributed by atoms with van der Waals surface area (Å²) in [6.07, 6.45) is 4.94. The Hall–Kier alpha value is -1.10. The maximum Gasteiger partial charge on any atom is 0.326 e. The third kappa shape index (κ3) is 3.25. The number of piperidine rings is 1. The van der Waals surface area contributed by atoms with Gasteiger partial charge in [0.1, 0.15) is 5.54 Å². The summed E-state index contributed by atoms with van der Waals surface area (Å²) >= 11 is 0. The fourth-order valence-corrected chi connectivity index (χ4v) is 5.04. The van der Waals surface area contributed by atoms with E-state index in [2.05, 4.69) is 37.9 Å². The van der Waals surface area contributed by atoms with Gasteiger partial charge < -0.3 is 5.32 Å². The third-order valence-corrected chi connectivity index (χ3v) is 5.84. The molecule has 0 unspecified atom stereocenters. The van der Waals surface area contributed by atoms with Crippen LogP contribution in [-0.2, 0) is 4.79 Å². The topological polar surface area (TPSA) is 52.6 Å². The van der Waals surface area contributed by atoms with E-state index in [9.17, 15) is 9.59 Å². The SMILES string of the molecule is CC1CCN(CN2C(=O)N[C@]3(C[C@H](C)CC(C)(C)C3)C2=O)CC1. The quantitative estimate of drug-likeness (QED) is 0.796. The standard InChI is InChI=1S/C18H31N3O2/c1-13-5-7-20(8-6-13)12-21-15(22)18(19-16(21)23)10-14(2)9-17(3,4)11-18/h13-14H,5-12H2,1-4H3,(H,19,23)/t14-,18+/m1/s1. The van der Waals surface area contributed by atoms with Gasteiger partial charge >= 0.3 is 6.03 Å². The summed E-state index contributed by atoms with van der Waals surface area (Å²) < 4.78 is 0. The third-order valence-electron chi connectivity index (χ3n) is 5.84. The van der Waals surface area contributed by atoms with Crippen LogP contribution in [0.25, 0.3) is 0 Å². The Morgan fingerprint density at radius 3 is 2.35 bits per heavy atom. The normalized spacial score (nSPS) is 35.8. The van der Waals surface area contributed by atoms with E-state index in [-0.39, 0.29) is 17.4 Å². The van der Waals surface area contributed by atoms with E-state index in [1.807, 2.05) is 0 Å². The molecule has 2 atom stereocenters. The summed E-state index contributed by atoms with van der Waals surface area (Å²) in [6, 6.07) is -0.196. The number of rotatable bonds is 2. The Morgan fingerprint density at radius 2 is 1.74 bits per heavy atom. The lowest BCUT2D eigenvalue weighted by Gasteiger charge is -2.44. The van der Waals surface area contributed by atoms with Gasteiger partial charge in [0, 0.05) is 13.1 Å². The molecule has 2 saturated heterocycles. The number of imide groups is 1. The molecule has 0 aromatic rings. The van der Waals surface area contributed by atoms with E-state index < -0.39 is 5.54 Å². The molecule has 3 fully saturated rings. The minimum absolute atomic E-state index is 0.000692. The Labute approximate surface area is 139 Å². The van der Waals surface area contributed by atoms with Gasteiger partial charge in [-0.1, -0.05) is 27.7 Å². The minimum atomic E-state index is -0.665. The van der Waals surface area contributed by atoms with Crippen LogP contribution in [0.4, 0.5) is 4.79 Å². The molecule has 3 aliphatic rings. The summed E-state index contributed by atoms with van der Waals surface area (Å²) in [5, 5.41) is 3.06. The van der Waals surface area contributed by atoms with Crippen molar-refractivity contribution < 1.29 is 9.59 Å². The first-order chi connectivity index (χ1) is 10.7. The van der Waals surface area contributed by atoms with Crippen LogP contribution in [0.15, 0.2) is 0 Å². The lowest BCUT2D eigenvalue weighted by Crippen LogP contribution is -2.54. The number of carbonyl (C=O) groups is 2. The number of amides is 3. The maximum absolute atomic E-state index is 13.1. The van der Waals surface area contributed by atoms with Crippen molar-refractivity contribution >= 4 is 11.9 Å². The van der Waals surface area contributed by atoms with Crippen LogP contribution in [0.1, 0.15) is 59.8 Å². The van der Waals surface area contributed by atoms with E-state index in [0.29, 0.717) is 12.6 Å². The van der Waals surface area contributed by atoms with Crippen molar-refractivity contribution in [2.24, 2.45) is 17.3 Å². The van der Waals surface area contributed by atoms with Gasteiger partial charge in [0.25, 0.3) is 5.91 Å². The zero-order chi connectivity index (χ0) is 16.8. The van der Waals surface area contributed by atoms with Gasteiger partial charge in [0.15, 0.2) is 0 Å². The highest BCUT2D eigenvalue weighted by atomic mass is 16.2. The minimum Gasteiger partial charge on any atom is -0.323 e. The van der Waals surface area contributed by atoms with Crippen LogP contribution in [0.5, 0.6) is 0 Å². The predicted molar refractivity (Wildman–Crippen MR) is 89.7 cm³/mol. The molecule has 2 aliphatic heterocycles. The van der Waals surface area contributed by atoms with Crippen molar-refractivity contribution in [2.45, 2.75) is 65.3 Å². The Balaban J connectivity index is 1.72. The Bertz CT molecular complexity index is 496. The van der Waals surface area contributed by atoms with Gasteiger partial charge in [-0.3, -0.25) is 9.69 Å². The highest BCUT2D eigenvalue weighted by molar-refractivity contribution is 6.07. The van der Waals surface area contributed by atoms with E-state index in [1.165, 1.54) is 4.90 Å². The summed E-state index contributed by atoms with van der Waals surface area (Å²) in [5.74, 6) is 1.21. The smallest absolute Gasteiger partial charge is 0.323 e. The highest BCUT2D eigenvalue weighted by Gasteiger charge is 2.56. The molecule has 3 rings (SSSR count). The molecule has 1 saturated carbocycles. The van der Waals surface area contributed by atoms with Gasteiger partial charge in [-0.2, -0.15) is 0 Å². The second-order valence-electron chi connectivity index (χ2n) is 9.04. The number of urea groups is 1. The molecule has 2 heterocycles. The number of carbonyl (C=O) groups excluding carboxylic acids is 2. The van der Waals surface area contributed by atoms with Crippen LogP contribution < -0.4 is 5.32 Å². The summed E-state index contributed by atoms with van der Waals surface area (Å²) in [5.41, 5.74) is -0.571. The fourth-order valence-electron chi connectivity index (χ4n) is 5.04. The molecule has 3 amide bonds. The fraction of sp³-hybridized carbons (Fsp3) is 0.889. The first-order valence-corrected chi connectivity index (χ1v) is 9.07. The van der Waals surface area contributed by atoms with Gasteiger partial charge in [-0.05, 0) is 49.4 Å². The molecule has 1 N–H and O–H groups in total. The number of nitrogens with one attached hydrogen (secondary N) is 1. The first kappa shape index (κ1) is 16.7. The Morgan fingerprint density at radius 1 is 1.09 bits per heavy atom. The van der Waals surface area contributed by atoms with E-state index >= 15 is 0 Å². The van der Waals surface area contributed by atoms with E-state index in [4.69, 9.17) is 0 Å². The molecule has 5 heteroatoms. The first-order valence-electron chi connectivity index (χ1n) is 9.07. The monoisotopic (exact) mass is 321 g/mol. The molecule has 1 spiro atoms. The summed E-state index contributed by atoms with van der Waals surface area (Å²) in [4.78, 5) is 29.3. The number of hydrogen-bond donors (Lipinski definition) is 1. The summed E-state index contributed by atoms with van der Waals surface area (Å²) in [7, 11) is 0. The van der Waals surface area contributed by atoms with Gasteiger partial charge in [0.05, 0.1) is 6.67 Å². The molecular weight excluding hydrogens is 290 g/mol. The van der Waals surface area contributed by atoms with Crippen molar-refractivity contribution in [2.75, 3.05) is 19.8 Å². The van der Waals surface area contributed by atoms with E-state index in [1.54, 1.807) is 0 Å². The molecule has 130 valence electrons. The molecule has 1 aliphatic carbocycles. The van der Waals surface area contributed by atoms with Crippen LogP contribution in [0.2, 0.25) is 0 Å². The largest absolute Gasteiger partial charge is 0.326 e. The van der Waals surface area contributed by atoms with Crippen molar-refractivity contribution in [3.8, 4) is 0 Å². The van der Waals surface area contributed by atoms with Gasteiger partial charge in [-0.25, -0.2) is 9.69 Å². The number of likely N-dealkylation sites (tertiary alicyclic amines) is 1. The van der Waals surface area contributed by atoms with Crippen molar-refractivity contribution in [3.05, 3.63) is 0 Å². The summed E-state index contributed by atoms with van der Waals surface area (Å²) in [6.45, 7) is 11.3. The predicted octanol–water partition coefficient (Wildman–Crippen LogP) is 2.81. The zero-order valence-electron chi connectivity index (χ0n) is 15.0. The molecule has 0 radical (unpaired) electrons. The van der Waals surface area contributed by atoms with E-state index in [0.717, 1.165) is 51.1 Å². The average molecular weight is 321 g/mol. The molecular formula is C18H31N3O2. The molecule has 0 aromatic carbocycles. The van der Waals surface area contributed by atoms with Crippen molar-refractivity contribution in [1.29, 1.82) is 0 Å². The zero-order valence-corrected chi connectivity index (χ0v) is 15.0.